The SMILES string of the molecule is CC(=O)O[C@H]1CC[C@@]2(C)C(=CC[C@@H]3[C@@H]2CC[C@]2(C)C(n4cncn4)=C(C=O)C[C@@H]32)C1. The molecule has 0 radical (unpaired) electrons. The molecule has 0 amide bonds. The molecule has 4 aliphatic carbocycles. The van der Waals surface area contributed by atoms with Gasteiger partial charge in [-0.3, -0.25) is 9.59 Å². The average Bonchev–Trinajstić information content (AvgIpc) is 3.32. The van der Waals surface area contributed by atoms with E-state index in [0.717, 1.165) is 62.5 Å². The van der Waals surface area contributed by atoms with E-state index in [9.17, 15) is 9.59 Å². The van der Waals surface area contributed by atoms with Gasteiger partial charge in [-0.2, -0.15) is 5.10 Å². The fourth-order valence-electron chi connectivity index (χ4n) is 7.49. The van der Waals surface area contributed by atoms with Gasteiger partial charge in [0.05, 0.1) is 5.70 Å². The summed E-state index contributed by atoms with van der Waals surface area (Å²) in [7, 11) is 0. The fraction of sp³-hybridized carbons (Fsp3) is 0.667. The van der Waals surface area contributed by atoms with Crippen LogP contribution in [0.1, 0.15) is 65.7 Å². The van der Waals surface area contributed by atoms with E-state index < -0.39 is 0 Å². The fourth-order valence-corrected chi connectivity index (χ4v) is 7.49. The van der Waals surface area contributed by atoms with Gasteiger partial charge in [-0.25, -0.2) is 9.67 Å². The van der Waals surface area contributed by atoms with Crippen molar-refractivity contribution in [1.82, 2.24) is 14.8 Å². The number of carbonyl (C=O) groups is 2. The van der Waals surface area contributed by atoms with Crippen LogP contribution in [0.5, 0.6) is 0 Å². The van der Waals surface area contributed by atoms with E-state index in [1.54, 1.807) is 12.7 Å². The monoisotopic (exact) mass is 409 g/mol. The van der Waals surface area contributed by atoms with Crippen molar-refractivity contribution in [2.45, 2.75) is 71.8 Å². The van der Waals surface area contributed by atoms with Gasteiger partial charge >= 0.3 is 5.97 Å². The van der Waals surface area contributed by atoms with Crippen LogP contribution in [0.25, 0.3) is 5.70 Å². The molecule has 1 aromatic rings. The Bertz CT molecular complexity index is 934. The highest BCUT2D eigenvalue weighted by Crippen LogP contribution is 2.66. The van der Waals surface area contributed by atoms with E-state index in [2.05, 4.69) is 30.0 Å². The van der Waals surface area contributed by atoms with Crippen molar-refractivity contribution >= 4 is 18.0 Å². The number of rotatable bonds is 3. The topological polar surface area (TPSA) is 74.1 Å². The Kier molecular flexibility index (Phi) is 4.53. The molecular weight excluding hydrogens is 378 g/mol. The summed E-state index contributed by atoms with van der Waals surface area (Å²) in [5.74, 6) is 1.47. The summed E-state index contributed by atoms with van der Waals surface area (Å²) in [6.07, 6.45) is 13.8. The second-order valence-electron chi connectivity index (χ2n) is 10.2. The summed E-state index contributed by atoms with van der Waals surface area (Å²) in [5.41, 5.74) is 3.59. The Balaban J connectivity index is 1.46. The van der Waals surface area contributed by atoms with Crippen LogP contribution in [0, 0.1) is 28.6 Å². The van der Waals surface area contributed by atoms with Gasteiger partial charge in [-0.05, 0) is 61.7 Å². The van der Waals surface area contributed by atoms with Gasteiger partial charge in [0.2, 0.25) is 0 Å². The maximum absolute atomic E-state index is 12.0. The number of esters is 1. The van der Waals surface area contributed by atoms with E-state index >= 15 is 0 Å². The van der Waals surface area contributed by atoms with E-state index in [-0.39, 0.29) is 22.9 Å². The van der Waals surface area contributed by atoms with Crippen LogP contribution in [0.3, 0.4) is 0 Å². The molecule has 4 aliphatic rings. The first kappa shape index (κ1) is 19.7. The highest BCUT2D eigenvalue weighted by Gasteiger charge is 2.58. The Hall–Kier alpha value is -2.24. The largest absolute Gasteiger partial charge is 0.462 e. The minimum atomic E-state index is -0.176. The number of aldehydes is 1. The molecule has 160 valence electrons. The highest BCUT2D eigenvalue weighted by atomic mass is 16.5. The first-order valence-corrected chi connectivity index (χ1v) is 11.3. The molecule has 0 aromatic carbocycles. The highest BCUT2D eigenvalue weighted by molar-refractivity contribution is 5.86. The summed E-state index contributed by atoms with van der Waals surface area (Å²) in [5, 5.41) is 4.38. The normalized spacial score (nSPS) is 40.2. The van der Waals surface area contributed by atoms with Crippen molar-refractivity contribution in [3.63, 3.8) is 0 Å². The molecule has 0 unspecified atom stereocenters. The molecule has 6 nitrogen and oxygen atoms in total. The quantitative estimate of drug-likeness (QED) is 0.425. The molecule has 5 rings (SSSR count). The molecule has 1 aromatic heterocycles. The molecule has 30 heavy (non-hydrogen) atoms. The number of fused-ring (bicyclic) bond motifs is 5. The molecule has 6 atom stereocenters. The summed E-state index contributed by atoms with van der Waals surface area (Å²) in [6.45, 7) is 6.27. The standard InChI is InChI=1S/C24H31N3O3/c1-15(29)30-18-6-8-23(2)17(11-18)4-5-19-20(23)7-9-24(3)21(19)10-16(12-28)22(24)27-14-25-13-26-27/h4,12-14,18-21H,5-11H2,1-3H3/t18-,19+,20-,21-,23-,24-/m0/s1. The van der Waals surface area contributed by atoms with Crippen LogP contribution in [0.4, 0.5) is 0 Å². The molecule has 1 heterocycles. The number of hydrogen-bond acceptors (Lipinski definition) is 5. The van der Waals surface area contributed by atoms with Crippen LogP contribution in [0.15, 0.2) is 29.9 Å². The van der Waals surface area contributed by atoms with Gasteiger partial charge in [-0.15, -0.1) is 0 Å². The molecule has 2 saturated carbocycles. The molecule has 0 N–H and O–H groups in total. The summed E-state index contributed by atoms with van der Waals surface area (Å²) in [6, 6.07) is 0. The van der Waals surface area contributed by atoms with Gasteiger partial charge in [0.25, 0.3) is 0 Å². The Morgan fingerprint density at radius 1 is 1.20 bits per heavy atom. The third kappa shape index (κ3) is 2.75. The number of aromatic nitrogens is 3. The molecule has 0 bridgehead atoms. The van der Waals surface area contributed by atoms with E-state index in [0.29, 0.717) is 17.8 Å². The molecule has 2 fully saturated rings. The summed E-state index contributed by atoms with van der Waals surface area (Å²) >= 11 is 0. The molecular formula is C24H31N3O3. The minimum Gasteiger partial charge on any atom is -0.462 e. The van der Waals surface area contributed by atoms with Crippen molar-refractivity contribution < 1.29 is 14.3 Å². The second-order valence-corrected chi connectivity index (χ2v) is 10.2. The van der Waals surface area contributed by atoms with Crippen molar-refractivity contribution in [1.29, 1.82) is 0 Å². The molecule has 0 spiro atoms. The summed E-state index contributed by atoms with van der Waals surface area (Å²) in [4.78, 5) is 27.6. The van der Waals surface area contributed by atoms with Crippen LogP contribution in [-0.2, 0) is 14.3 Å². The lowest BCUT2D eigenvalue weighted by Gasteiger charge is -2.57. The van der Waals surface area contributed by atoms with Crippen LogP contribution >= 0.6 is 0 Å². The minimum absolute atomic E-state index is 0.0287. The lowest BCUT2D eigenvalue weighted by atomic mass is 9.48. The van der Waals surface area contributed by atoms with Crippen molar-refractivity contribution in [2.75, 3.05) is 0 Å². The van der Waals surface area contributed by atoms with Gasteiger partial charge in [0.1, 0.15) is 25.0 Å². The number of ether oxygens (including phenoxy) is 1. The molecule has 6 heteroatoms. The number of carbonyl (C=O) groups excluding carboxylic acids is 2. The van der Waals surface area contributed by atoms with Crippen LogP contribution < -0.4 is 0 Å². The van der Waals surface area contributed by atoms with Gasteiger partial charge in [0, 0.05) is 24.3 Å². The van der Waals surface area contributed by atoms with Gasteiger partial charge in [-0.1, -0.05) is 25.5 Å². The Labute approximate surface area is 177 Å². The first-order chi connectivity index (χ1) is 14.4. The maximum Gasteiger partial charge on any atom is 0.302 e. The summed E-state index contributed by atoms with van der Waals surface area (Å²) < 4.78 is 7.38. The number of allylic oxidation sites excluding steroid dienone is 3. The third-order valence-corrected chi connectivity index (χ3v) is 8.86. The van der Waals surface area contributed by atoms with Crippen LogP contribution in [0.2, 0.25) is 0 Å². The second kappa shape index (κ2) is 6.89. The number of hydrogen-bond donors (Lipinski definition) is 0. The first-order valence-electron chi connectivity index (χ1n) is 11.3. The van der Waals surface area contributed by atoms with Gasteiger partial charge in [0.15, 0.2) is 0 Å². The van der Waals surface area contributed by atoms with Gasteiger partial charge < -0.3 is 4.74 Å². The predicted molar refractivity (Wildman–Crippen MR) is 112 cm³/mol. The Morgan fingerprint density at radius 3 is 2.70 bits per heavy atom. The van der Waals surface area contributed by atoms with Crippen molar-refractivity contribution in [3.05, 3.63) is 29.9 Å². The lowest BCUT2D eigenvalue weighted by molar-refractivity contribution is -0.148. The average molecular weight is 410 g/mol. The van der Waals surface area contributed by atoms with E-state index in [1.807, 2.05) is 4.68 Å². The lowest BCUT2D eigenvalue weighted by Crippen LogP contribution is -2.50. The van der Waals surface area contributed by atoms with Crippen molar-refractivity contribution in [3.8, 4) is 0 Å². The zero-order valence-electron chi connectivity index (χ0n) is 18.1. The van der Waals surface area contributed by atoms with E-state index in [4.69, 9.17) is 4.74 Å². The molecule has 0 aliphatic heterocycles. The zero-order valence-corrected chi connectivity index (χ0v) is 18.1. The maximum atomic E-state index is 12.0. The van der Waals surface area contributed by atoms with E-state index in [1.165, 1.54) is 12.5 Å². The zero-order chi connectivity index (χ0) is 21.1. The van der Waals surface area contributed by atoms with Crippen molar-refractivity contribution in [2.24, 2.45) is 28.6 Å². The van der Waals surface area contributed by atoms with Crippen LogP contribution in [-0.4, -0.2) is 33.1 Å². The Morgan fingerprint density at radius 2 is 2.00 bits per heavy atom. The predicted octanol–water partition coefficient (Wildman–Crippen LogP) is 4.19. The number of nitrogens with zero attached hydrogens (tertiary/aromatic N) is 3. The third-order valence-electron chi connectivity index (χ3n) is 8.86. The molecule has 0 saturated heterocycles. The smallest absolute Gasteiger partial charge is 0.302 e.